The summed E-state index contributed by atoms with van der Waals surface area (Å²) in [5.41, 5.74) is -0.552. The molecule has 162 valence electrons. The lowest BCUT2D eigenvalue weighted by Crippen LogP contribution is -2.48. The van der Waals surface area contributed by atoms with Crippen molar-refractivity contribution in [1.29, 1.82) is 0 Å². The first-order chi connectivity index (χ1) is 13.6. The van der Waals surface area contributed by atoms with E-state index >= 15 is 0 Å². The number of ether oxygens (including phenoxy) is 1. The molecule has 1 aromatic carbocycles. The monoisotopic (exact) mass is 432 g/mol. The smallest absolute Gasteiger partial charge is 0.416 e. The van der Waals surface area contributed by atoms with Crippen molar-refractivity contribution in [1.82, 2.24) is 4.90 Å². The summed E-state index contributed by atoms with van der Waals surface area (Å²) < 4.78 is 43.5. The van der Waals surface area contributed by atoms with Gasteiger partial charge in [-0.3, -0.25) is 4.90 Å². The Balaban J connectivity index is 2.13. The molecule has 29 heavy (non-hydrogen) atoms. The molecule has 5 nitrogen and oxygen atoms in total. The first-order valence-electron chi connectivity index (χ1n) is 9.68. The van der Waals surface area contributed by atoms with Gasteiger partial charge >= 0.3 is 18.2 Å². The minimum absolute atomic E-state index is 0.201. The molecular formula is C20H27F3N2O3S. The summed E-state index contributed by atoms with van der Waals surface area (Å²) in [6, 6.07) is 3.01. The lowest BCUT2D eigenvalue weighted by Gasteiger charge is -2.29. The van der Waals surface area contributed by atoms with Gasteiger partial charge in [-0.1, -0.05) is 27.2 Å². The summed E-state index contributed by atoms with van der Waals surface area (Å²) in [6.45, 7) is 6.35. The van der Waals surface area contributed by atoms with E-state index in [1.807, 2.05) is 20.8 Å². The van der Waals surface area contributed by atoms with Gasteiger partial charge in [0.05, 0.1) is 17.5 Å². The maximum absolute atomic E-state index is 12.9. The number of amides is 2. The second-order valence-corrected chi connectivity index (χ2v) is 8.58. The number of carbonyl (C=O) groups is 2. The van der Waals surface area contributed by atoms with Gasteiger partial charge in [0.2, 0.25) is 0 Å². The molecule has 1 aromatic rings. The molecule has 0 bridgehead atoms. The number of unbranched alkanes of at least 4 members (excludes halogenated alkanes) is 1. The molecule has 1 aliphatic heterocycles. The minimum Gasteiger partial charge on any atom is -0.464 e. The highest BCUT2D eigenvalue weighted by molar-refractivity contribution is 8.00. The number of halogens is 3. The van der Waals surface area contributed by atoms with E-state index < -0.39 is 29.8 Å². The normalized spacial score (nSPS) is 19.5. The topological polar surface area (TPSA) is 58.6 Å². The number of hydrogen-bond donors (Lipinski definition) is 1. The van der Waals surface area contributed by atoms with E-state index in [-0.39, 0.29) is 11.1 Å². The van der Waals surface area contributed by atoms with Gasteiger partial charge in [-0.15, -0.1) is 11.8 Å². The molecule has 2 amide bonds. The zero-order valence-electron chi connectivity index (χ0n) is 16.8. The van der Waals surface area contributed by atoms with Crippen LogP contribution in [0.5, 0.6) is 0 Å². The molecule has 0 saturated carbocycles. The van der Waals surface area contributed by atoms with E-state index in [1.165, 1.54) is 28.8 Å². The molecule has 1 saturated heterocycles. The molecule has 9 heteroatoms. The van der Waals surface area contributed by atoms with Gasteiger partial charge in [0.1, 0.15) is 6.04 Å². The van der Waals surface area contributed by atoms with Gasteiger partial charge in [0.15, 0.2) is 0 Å². The SMILES string of the molecule is CCCCOC(=O)C1CSC(CC(C)C)N1C(=O)Nc1ccc(C(F)(F)F)cc1. The average molecular weight is 433 g/mol. The zero-order chi connectivity index (χ0) is 21.6. The van der Waals surface area contributed by atoms with Gasteiger partial charge in [0, 0.05) is 11.4 Å². The summed E-state index contributed by atoms with van der Waals surface area (Å²) >= 11 is 1.51. The van der Waals surface area contributed by atoms with Crippen molar-refractivity contribution in [2.45, 2.75) is 57.6 Å². The number of alkyl halides is 3. The Kier molecular flexibility index (Phi) is 8.24. The van der Waals surface area contributed by atoms with Crippen LogP contribution in [0.1, 0.15) is 45.6 Å². The second kappa shape index (κ2) is 10.2. The van der Waals surface area contributed by atoms with E-state index in [1.54, 1.807) is 0 Å². The molecule has 1 heterocycles. The van der Waals surface area contributed by atoms with Crippen LogP contribution < -0.4 is 5.32 Å². The third-order valence-electron chi connectivity index (χ3n) is 4.48. The van der Waals surface area contributed by atoms with Crippen LogP contribution in [0.4, 0.5) is 23.7 Å². The average Bonchev–Trinajstić information content (AvgIpc) is 3.04. The van der Waals surface area contributed by atoms with E-state index in [0.717, 1.165) is 25.0 Å². The van der Waals surface area contributed by atoms with Gasteiger partial charge in [0.25, 0.3) is 0 Å². The maximum Gasteiger partial charge on any atom is 0.416 e. The first-order valence-corrected chi connectivity index (χ1v) is 10.7. The Morgan fingerprint density at radius 3 is 2.48 bits per heavy atom. The maximum atomic E-state index is 12.9. The van der Waals surface area contributed by atoms with Crippen LogP contribution in [0.2, 0.25) is 0 Å². The van der Waals surface area contributed by atoms with Crippen molar-refractivity contribution >= 4 is 29.4 Å². The molecule has 2 unspecified atom stereocenters. The number of nitrogens with one attached hydrogen (secondary N) is 1. The second-order valence-electron chi connectivity index (χ2n) is 7.37. The predicted octanol–water partition coefficient (Wildman–Crippen LogP) is 5.37. The van der Waals surface area contributed by atoms with E-state index in [0.29, 0.717) is 24.7 Å². The Morgan fingerprint density at radius 2 is 1.93 bits per heavy atom. The van der Waals surface area contributed by atoms with Crippen molar-refractivity contribution in [3.63, 3.8) is 0 Å². The number of nitrogens with zero attached hydrogens (tertiary/aromatic N) is 1. The number of anilines is 1. The van der Waals surface area contributed by atoms with Crippen molar-refractivity contribution in [3.8, 4) is 0 Å². The molecule has 1 fully saturated rings. The highest BCUT2D eigenvalue weighted by atomic mass is 32.2. The number of esters is 1. The molecule has 0 aliphatic carbocycles. The molecular weight excluding hydrogens is 405 g/mol. The lowest BCUT2D eigenvalue weighted by atomic mass is 10.1. The largest absolute Gasteiger partial charge is 0.464 e. The number of benzene rings is 1. The van der Waals surface area contributed by atoms with Crippen LogP contribution in [0, 0.1) is 5.92 Å². The van der Waals surface area contributed by atoms with Gasteiger partial charge in [-0.2, -0.15) is 13.2 Å². The Bertz CT molecular complexity index is 695. The van der Waals surface area contributed by atoms with Crippen LogP contribution in [0.3, 0.4) is 0 Å². The highest BCUT2D eigenvalue weighted by Crippen LogP contribution is 2.35. The highest BCUT2D eigenvalue weighted by Gasteiger charge is 2.42. The standard InChI is InChI=1S/C20H27F3N2O3S/c1-4-5-10-28-18(26)16-12-29-17(11-13(2)3)25(16)19(27)24-15-8-6-14(7-9-15)20(21,22)23/h6-9,13,16-17H,4-5,10-12H2,1-3H3,(H,24,27). The van der Waals surface area contributed by atoms with Crippen molar-refractivity contribution in [3.05, 3.63) is 29.8 Å². The number of rotatable bonds is 7. The molecule has 2 rings (SSSR count). The predicted molar refractivity (Wildman–Crippen MR) is 108 cm³/mol. The van der Waals surface area contributed by atoms with Crippen LogP contribution in [0.15, 0.2) is 24.3 Å². The molecule has 0 radical (unpaired) electrons. The molecule has 1 aliphatic rings. The molecule has 0 spiro atoms. The number of carbonyl (C=O) groups excluding carboxylic acids is 2. The number of urea groups is 1. The minimum atomic E-state index is -4.44. The van der Waals surface area contributed by atoms with Crippen molar-refractivity contribution in [2.24, 2.45) is 5.92 Å². The van der Waals surface area contributed by atoms with Crippen LogP contribution >= 0.6 is 11.8 Å². The van der Waals surface area contributed by atoms with Gasteiger partial charge in [-0.25, -0.2) is 9.59 Å². The zero-order valence-corrected chi connectivity index (χ0v) is 17.6. The number of thioether (sulfide) groups is 1. The Hall–Kier alpha value is -1.90. The molecule has 2 atom stereocenters. The summed E-state index contributed by atoms with van der Waals surface area (Å²) in [7, 11) is 0. The van der Waals surface area contributed by atoms with Gasteiger partial charge in [-0.05, 0) is 43.0 Å². The van der Waals surface area contributed by atoms with E-state index in [2.05, 4.69) is 5.32 Å². The fraction of sp³-hybridized carbons (Fsp3) is 0.600. The quantitative estimate of drug-likeness (QED) is 0.465. The van der Waals surface area contributed by atoms with Crippen molar-refractivity contribution < 1.29 is 27.5 Å². The third kappa shape index (κ3) is 6.55. The third-order valence-corrected chi connectivity index (χ3v) is 5.79. The van der Waals surface area contributed by atoms with Crippen LogP contribution in [-0.2, 0) is 15.7 Å². The summed E-state index contributed by atoms with van der Waals surface area (Å²) in [6.07, 6.45) is -2.10. The van der Waals surface area contributed by atoms with E-state index in [4.69, 9.17) is 4.74 Å². The fourth-order valence-electron chi connectivity index (χ4n) is 2.95. The Morgan fingerprint density at radius 1 is 1.28 bits per heavy atom. The van der Waals surface area contributed by atoms with E-state index in [9.17, 15) is 22.8 Å². The Labute approximate surface area is 173 Å². The lowest BCUT2D eigenvalue weighted by molar-refractivity contribution is -0.148. The molecule has 0 aromatic heterocycles. The first kappa shape index (κ1) is 23.4. The van der Waals surface area contributed by atoms with Crippen LogP contribution in [-0.4, -0.2) is 40.7 Å². The summed E-state index contributed by atoms with van der Waals surface area (Å²) in [5.74, 6) is 0.298. The molecule has 1 N–H and O–H groups in total. The summed E-state index contributed by atoms with van der Waals surface area (Å²) in [5, 5.41) is 2.42. The van der Waals surface area contributed by atoms with Crippen LogP contribution in [0.25, 0.3) is 0 Å². The summed E-state index contributed by atoms with van der Waals surface area (Å²) in [4.78, 5) is 26.9. The van der Waals surface area contributed by atoms with Gasteiger partial charge < -0.3 is 10.1 Å². The fourth-order valence-corrected chi connectivity index (χ4v) is 4.57. The number of hydrogen-bond acceptors (Lipinski definition) is 4. The van der Waals surface area contributed by atoms with Crippen molar-refractivity contribution in [2.75, 3.05) is 17.7 Å².